The Labute approximate surface area is 105 Å². The lowest BCUT2D eigenvalue weighted by Crippen LogP contribution is -2.10. The summed E-state index contributed by atoms with van der Waals surface area (Å²) in [4.78, 5) is 8.64. The zero-order valence-corrected chi connectivity index (χ0v) is 10.4. The van der Waals surface area contributed by atoms with Gasteiger partial charge < -0.3 is 9.88 Å². The molecule has 2 heterocycles. The first kappa shape index (κ1) is 11.1. The third-order valence-electron chi connectivity index (χ3n) is 3.33. The number of aryl methyl sites for hydroxylation is 2. The van der Waals surface area contributed by atoms with Crippen molar-refractivity contribution in [1.82, 2.24) is 24.7 Å². The van der Waals surface area contributed by atoms with Crippen LogP contribution >= 0.6 is 0 Å². The molecule has 0 spiro atoms. The number of hydrogen-bond donors (Lipinski definition) is 1. The Hall–Kier alpha value is -1.98. The molecule has 0 unspecified atom stereocenters. The van der Waals surface area contributed by atoms with Crippen LogP contribution < -0.4 is 5.32 Å². The summed E-state index contributed by atoms with van der Waals surface area (Å²) in [7, 11) is 0. The van der Waals surface area contributed by atoms with Gasteiger partial charge in [-0.3, -0.25) is 0 Å². The van der Waals surface area contributed by atoms with Crippen LogP contribution in [0.1, 0.15) is 30.4 Å². The van der Waals surface area contributed by atoms with Crippen LogP contribution in [0, 0.1) is 0 Å². The van der Waals surface area contributed by atoms with E-state index >= 15 is 0 Å². The van der Waals surface area contributed by atoms with E-state index in [1.165, 1.54) is 17.7 Å². The van der Waals surface area contributed by atoms with Gasteiger partial charge in [0.05, 0.1) is 6.54 Å². The van der Waals surface area contributed by atoms with Crippen LogP contribution in [0.15, 0.2) is 12.7 Å². The average Bonchev–Trinajstić information content (AvgIpc) is 3.04. The fraction of sp³-hybridized carbons (Fsp3) is 0.500. The summed E-state index contributed by atoms with van der Waals surface area (Å²) in [6, 6.07) is 0. The molecule has 0 fully saturated rings. The molecule has 18 heavy (non-hydrogen) atoms. The first-order valence-electron chi connectivity index (χ1n) is 6.31. The maximum Gasteiger partial charge on any atom is 0.152 e. The number of aromatic nitrogens is 5. The van der Waals surface area contributed by atoms with Crippen LogP contribution in [0.4, 0.5) is 5.82 Å². The molecule has 1 aliphatic carbocycles. The highest BCUT2D eigenvalue weighted by Crippen LogP contribution is 2.25. The minimum atomic E-state index is 0.650. The van der Waals surface area contributed by atoms with Crippen LogP contribution in [-0.4, -0.2) is 24.7 Å². The van der Waals surface area contributed by atoms with Gasteiger partial charge in [-0.05, 0) is 26.2 Å². The monoisotopic (exact) mass is 244 g/mol. The lowest BCUT2D eigenvalue weighted by molar-refractivity contribution is 0.707. The van der Waals surface area contributed by atoms with E-state index in [1.54, 1.807) is 12.7 Å². The summed E-state index contributed by atoms with van der Waals surface area (Å²) >= 11 is 0. The van der Waals surface area contributed by atoms with Crippen molar-refractivity contribution in [3.63, 3.8) is 0 Å². The standard InChI is InChI=1S/C12H16N6/c1-2-18-8-16-17-11(18)6-13-12-9-4-3-5-10(9)14-7-15-12/h7-8H,2-6H2,1H3,(H,13,14,15). The smallest absolute Gasteiger partial charge is 0.152 e. The number of nitrogens with zero attached hydrogens (tertiary/aromatic N) is 5. The van der Waals surface area contributed by atoms with Gasteiger partial charge in [0.15, 0.2) is 5.82 Å². The van der Waals surface area contributed by atoms with Crippen LogP contribution in [0.25, 0.3) is 0 Å². The largest absolute Gasteiger partial charge is 0.362 e. The van der Waals surface area contributed by atoms with E-state index in [2.05, 4.69) is 32.4 Å². The van der Waals surface area contributed by atoms with Crippen LogP contribution in [0.3, 0.4) is 0 Å². The number of fused-ring (bicyclic) bond motifs is 1. The highest BCUT2D eigenvalue weighted by atomic mass is 15.3. The molecule has 0 aliphatic heterocycles. The molecule has 0 aromatic carbocycles. The second kappa shape index (κ2) is 4.72. The maximum absolute atomic E-state index is 4.33. The third-order valence-corrected chi connectivity index (χ3v) is 3.33. The Balaban J connectivity index is 1.76. The van der Waals surface area contributed by atoms with E-state index in [0.29, 0.717) is 6.54 Å². The number of rotatable bonds is 4. The molecule has 1 aliphatic rings. The van der Waals surface area contributed by atoms with Gasteiger partial charge in [0, 0.05) is 17.8 Å². The lowest BCUT2D eigenvalue weighted by atomic mass is 10.2. The molecule has 6 nitrogen and oxygen atoms in total. The molecule has 0 saturated heterocycles. The van der Waals surface area contributed by atoms with Gasteiger partial charge >= 0.3 is 0 Å². The molecule has 1 N–H and O–H groups in total. The van der Waals surface area contributed by atoms with Crippen molar-refractivity contribution >= 4 is 5.82 Å². The summed E-state index contributed by atoms with van der Waals surface area (Å²) in [5, 5.41) is 11.4. The second-order valence-electron chi connectivity index (χ2n) is 4.39. The zero-order chi connectivity index (χ0) is 12.4. The summed E-state index contributed by atoms with van der Waals surface area (Å²) in [5.74, 6) is 1.88. The SMILES string of the molecule is CCn1cnnc1CNc1ncnc2c1CCC2. The van der Waals surface area contributed by atoms with Gasteiger partial charge in [0.25, 0.3) is 0 Å². The van der Waals surface area contributed by atoms with E-state index in [4.69, 9.17) is 0 Å². The zero-order valence-electron chi connectivity index (χ0n) is 10.4. The molecular formula is C12H16N6. The summed E-state index contributed by atoms with van der Waals surface area (Å²) < 4.78 is 2.02. The average molecular weight is 244 g/mol. The van der Waals surface area contributed by atoms with E-state index in [-0.39, 0.29) is 0 Å². The predicted octanol–water partition coefficient (Wildman–Crippen LogP) is 1.19. The molecule has 6 heteroatoms. The summed E-state index contributed by atoms with van der Waals surface area (Å²) in [6.07, 6.45) is 6.70. The highest BCUT2D eigenvalue weighted by Gasteiger charge is 2.17. The van der Waals surface area contributed by atoms with Gasteiger partial charge in [-0.2, -0.15) is 0 Å². The van der Waals surface area contributed by atoms with E-state index in [9.17, 15) is 0 Å². The molecule has 0 radical (unpaired) electrons. The molecule has 2 aromatic rings. The minimum absolute atomic E-state index is 0.650. The molecule has 0 atom stereocenters. The van der Waals surface area contributed by atoms with Gasteiger partial charge in [0.2, 0.25) is 0 Å². The molecule has 0 saturated carbocycles. The van der Waals surface area contributed by atoms with Crippen LogP contribution in [0.2, 0.25) is 0 Å². The molecule has 0 bridgehead atoms. The molecule has 3 rings (SSSR count). The third kappa shape index (κ3) is 1.94. The van der Waals surface area contributed by atoms with Crippen molar-refractivity contribution in [2.45, 2.75) is 39.3 Å². The summed E-state index contributed by atoms with van der Waals surface area (Å²) in [5.41, 5.74) is 2.45. The highest BCUT2D eigenvalue weighted by molar-refractivity contribution is 5.47. The van der Waals surface area contributed by atoms with Crippen molar-refractivity contribution in [2.24, 2.45) is 0 Å². The van der Waals surface area contributed by atoms with Gasteiger partial charge in [0.1, 0.15) is 18.5 Å². The Morgan fingerprint density at radius 1 is 1.33 bits per heavy atom. The van der Waals surface area contributed by atoms with Gasteiger partial charge in [-0.25, -0.2) is 9.97 Å². The summed E-state index contributed by atoms with van der Waals surface area (Å²) in [6.45, 7) is 3.61. The first-order chi connectivity index (χ1) is 8.88. The molecular weight excluding hydrogens is 228 g/mol. The van der Waals surface area contributed by atoms with Crippen molar-refractivity contribution in [1.29, 1.82) is 0 Å². The Bertz CT molecular complexity index is 547. The van der Waals surface area contributed by atoms with Crippen molar-refractivity contribution < 1.29 is 0 Å². The van der Waals surface area contributed by atoms with Gasteiger partial charge in [-0.15, -0.1) is 10.2 Å². The molecule has 94 valence electrons. The fourth-order valence-electron chi connectivity index (χ4n) is 2.35. The minimum Gasteiger partial charge on any atom is -0.362 e. The van der Waals surface area contributed by atoms with Crippen molar-refractivity contribution in [2.75, 3.05) is 5.32 Å². The van der Waals surface area contributed by atoms with Crippen LogP contribution in [-0.2, 0) is 25.9 Å². The topological polar surface area (TPSA) is 68.5 Å². The van der Waals surface area contributed by atoms with E-state index < -0.39 is 0 Å². The molecule has 2 aromatic heterocycles. The van der Waals surface area contributed by atoms with Gasteiger partial charge in [-0.1, -0.05) is 0 Å². The number of hydrogen-bond acceptors (Lipinski definition) is 5. The second-order valence-corrected chi connectivity index (χ2v) is 4.39. The van der Waals surface area contributed by atoms with Crippen molar-refractivity contribution in [3.05, 3.63) is 29.7 Å². The Morgan fingerprint density at radius 2 is 2.28 bits per heavy atom. The van der Waals surface area contributed by atoms with Crippen LogP contribution in [0.5, 0.6) is 0 Å². The van der Waals surface area contributed by atoms with E-state index in [1.807, 2.05) is 4.57 Å². The van der Waals surface area contributed by atoms with E-state index in [0.717, 1.165) is 31.0 Å². The Morgan fingerprint density at radius 3 is 3.17 bits per heavy atom. The number of anilines is 1. The fourth-order valence-corrected chi connectivity index (χ4v) is 2.35. The Kier molecular flexibility index (Phi) is 2.92. The lowest BCUT2D eigenvalue weighted by Gasteiger charge is -2.09. The maximum atomic E-state index is 4.33. The van der Waals surface area contributed by atoms with Crippen molar-refractivity contribution in [3.8, 4) is 0 Å². The quantitative estimate of drug-likeness (QED) is 0.875. The molecule has 0 amide bonds. The normalized spacial score (nSPS) is 13.6. The number of nitrogens with one attached hydrogen (secondary N) is 1. The first-order valence-corrected chi connectivity index (χ1v) is 6.31. The predicted molar refractivity (Wildman–Crippen MR) is 67.1 cm³/mol.